The second kappa shape index (κ2) is 13.0. The van der Waals surface area contributed by atoms with Crippen LogP contribution in [0.3, 0.4) is 0 Å². The van der Waals surface area contributed by atoms with E-state index in [1.807, 2.05) is 6.20 Å². The first kappa shape index (κ1) is 24.8. The zero-order valence-electron chi connectivity index (χ0n) is 19.2. The number of benzene rings is 1. The number of nitrogens with one attached hydrogen (secondary N) is 2. The van der Waals surface area contributed by atoms with Crippen molar-refractivity contribution in [3.8, 4) is 0 Å². The summed E-state index contributed by atoms with van der Waals surface area (Å²) in [5.41, 5.74) is 2.53. The van der Waals surface area contributed by atoms with Crippen LogP contribution in [-0.4, -0.2) is 54.6 Å². The highest BCUT2D eigenvalue weighted by Crippen LogP contribution is 2.20. The number of guanidine groups is 1. The molecule has 0 radical (unpaired) electrons. The molecule has 0 amide bonds. The maximum absolute atomic E-state index is 4.80. The normalized spacial score (nSPS) is 19.1. The monoisotopic (exact) mass is 548 g/mol. The highest BCUT2D eigenvalue weighted by molar-refractivity contribution is 14.0. The Morgan fingerprint density at radius 1 is 1.00 bits per heavy atom. The Balaban J connectivity index is 0.00000289. The van der Waals surface area contributed by atoms with Crippen LogP contribution in [0.25, 0.3) is 0 Å². The Kier molecular flexibility index (Phi) is 10.1. The second-order valence-electron chi connectivity index (χ2n) is 8.55. The summed E-state index contributed by atoms with van der Waals surface area (Å²) in [5.74, 6) is 1.98. The van der Waals surface area contributed by atoms with E-state index in [2.05, 4.69) is 74.8 Å². The van der Waals surface area contributed by atoms with Crippen LogP contribution in [0.4, 0.5) is 5.82 Å². The first-order chi connectivity index (χ1) is 15.3. The molecular weight excluding hydrogens is 511 g/mol. The minimum absolute atomic E-state index is 0. The molecule has 32 heavy (non-hydrogen) atoms. The lowest BCUT2D eigenvalue weighted by Crippen LogP contribution is -2.44. The van der Waals surface area contributed by atoms with Gasteiger partial charge in [0.15, 0.2) is 5.96 Å². The Morgan fingerprint density at radius 2 is 1.81 bits per heavy atom. The molecule has 3 heterocycles. The standard InChI is InChI=1S/C25H36N6.HI/c1-2-26-25(28-18-22-12-13-24(27-17-22)30-14-6-7-15-30)29-19-23-11-8-16-31(23)20-21-9-4-3-5-10-21;/h3-5,9-10,12-13,17,23H,2,6-8,11,14-16,18-20H2,1H3,(H2,26,28,29);1H. The molecule has 2 aromatic rings. The van der Waals surface area contributed by atoms with Crippen molar-refractivity contribution in [1.82, 2.24) is 20.5 Å². The number of halogens is 1. The average molecular weight is 549 g/mol. The quantitative estimate of drug-likeness (QED) is 0.297. The summed E-state index contributed by atoms with van der Waals surface area (Å²) in [5, 5.41) is 6.96. The zero-order chi connectivity index (χ0) is 21.3. The Bertz CT molecular complexity index is 820. The summed E-state index contributed by atoms with van der Waals surface area (Å²) in [4.78, 5) is 14.4. The van der Waals surface area contributed by atoms with Gasteiger partial charge in [-0.3, -0.25) is 4.90 Å². The van der Waals surface area contributed by atoms with Crippen molar-refractivity contribution in [2.24, 2.45) is 4.99 Å². The summed E-state index contributed by atoms with van der Waals surface area (Å²) in [6.45, 7) is 8.98. The summed E-state index contributed by atoms with van der Waals surface area (Å²) in [7, 11) is 0. The first-order valence-electron chi connectivity index (χ1n) is 11.8. The van der Waals surface area contributed by atoms with Gasteiger partial charge in [0.1, 0.15) is 5.82 Å². The van der Waals surface area contributed by atoms with Gasteiger partial charge in [-0.05, 0) is 56.3 Å². The number of likely N-dealkylation sites (tertiary alicyclic amines) is 1. The fourth-order valence-electron chi connectivity index (χ4n) is 4.52. The van der Waals surface area contributed by atoms with Crippen LogP contribution in [0.1, 0.15) is 43.7 Å². The van der Waals surface area contributed by atoms with E-state index < -0.39 is 0 Å². The SMILES string of the molecule is CCNC(=NCc1ccc(N2CCCC2)nc1)NCC1CCCN1Cc1ccccc1.I. The van der Waals surface area contributed by atoms with Crippen molar-refractivity contribution >= 4 is 35.8 Å². The van der Waals surface area contributed by atoms with Crippen molar-refractivity contribution in [1.29, 1.82) is 0 Å². The number of rotatable bonds is 8. The molecule has 6 nitrogen and oxygen atoms in total. The number of hydrogen-bond donors (Lipinski definition) is 2. The number of aliphatic imine (C=N–C) groups is 1. The van der Waals surface area contributed by atoms with Crippen LogP contribution < -0.4 is 15.5 Å². The number of aromatic nitrogens is 1. The van der Waals surface area contributed by atoms with E-state index >= 15 is 0 Å². The number of anilines is 1. The third kappa shape index (κ3) is 7.07. The van der Waals surface area contributed by atoms with Crippen LogP contribution >= 0.6 is 24.0 Å². The van der Waals surface area contributed by atoms with Crippen molar-refractivity contribution < 1.29 is 0 Å². The molecule has 2 fully saturated rings. The van der Waals surface area contributed by atoms with E-state index in [0.29, 0.717) is 12.6 Å². The van der Waals surface area contributed by atoms with Gasteiger partial charge in [-0.2, -0.15) is 0 Å². The average Bonchev–Trinajstić information content (AvgIpc) is 3.49. The summed E-state index contributed by atoms with van der Waals surface area (Å²) >= 11 is 0. The maximum Gasteiger partial charge on any atom is 0.191 e. The molecule has 1 aromatic carbocycles. The molecule has 4 rings (SSSR count). The van der Waals surface area contributed by atoms with Gasteiger partial charge in [-0.25, -0.2) is 9.98 Å². The molecule has 2 N–H and O–H groups in total. The lowest BCUT2D eigenvalue weighted by Gasteiger charge is -2.25. The number of nitrogens with zero attached hydrogens (tertiary/aromatic N) is 4. The fourth-order valence-corrected chi connectivity index (χ4v) is 4.52. The van der Waals surface area contributed by atoms with E-state index in [4.69, 9.17) is 4.99 Å². The van der Waals surface area contributed by atoms with Crippen molar-refractivity contribution in [2.75, 3.05) is 37.6 Å². The van der Waals surface area contributed by atoms with Crippen LogP contribution in [0, 0.1) is 0 Å². The Hall–Kier alpha value is -1.87. The predicted octanol–water partition coefficient (Wildman–Crippen LogP) is 4.02. The topological polar surface area (TPSA) is 55.8 Å². The van der Waals surface area contributed by atoms with Crippen molar-refractivity contribution in [3.63, 3.8) is 0 Å². The van der Waals surface area contributed by atoms with E-state index in [1.165, 1.54) is 37.8 Å². The van der Waals surface area contributed by atoms with Crippen LogP contribution in [0.2, 0.25) is 0 Å². The smallest absolute Gasteiger partial charge is 0.191 e. The lowest BCUT2D eigenvalue weighted by atomic mass is 10.2. The van der Waals surface area contributed by atoms with Crippen molar-refractivity contribution in [3.05, 3.63) is 59.8 Å². The molecule has 174 valence electrons. The lowest BCUT2D eigenvalue weighted by molar-refractivity contribution is 0.245. The molecule has 2 saturated heterocycles. The van der Waals surface area contributed by atoms with Gasteiger partial charge in [0, 0.05) is 45.0 Å². The molecular formula is C25H37IN6. The molecule has 7 heteroatoms. The maximum atomic E-state index is 4.80. The fraction of sp³-hybridized carbons (Fsp3) is 0.520. The summed E-state index contributed by atoms with van der Waals surface area (Å²) < 4.78 is 0. The highest BCUT2D eigenvalue weighted by Gasteiger charge is 2.24. The van der Waals surface area contributed by atoms with Crippen molar-refractivity contribution in [2.45, 2.75) is 51.7 Å². The molecule has 0 aliphatic carbocycles. The van der Waals surface area contributed by atoms with E-state index in [0.717, 1.165) is 50.1 Å². The molecule has 0 saturated carbocycles. The van der Waals surface area contributed by atoms with Crippen LogP contribution in [0.15, 0.2) is 53.7 Å². The Labute approximate surface area is 209 Å². The van der Waals surface area contributed by atoms with Crippen LogP contribution in [-0.2, 0) is 13.1 Å². The third-order valence-corrected chi connectivity index (χ3v) is 6.24. The number of pyridine rings is 1. The van der Waals surface area contributed by atoms with Gasteiger partial charge in [0.2, 0.25) is 0 Å². The van der Waals surface area contributed by atoms with Gasteiger partial charge in [0.05, 0.1) is 6.54 Å². The third-order valence-electron chi connectivity index (χ3n) is 6.24. The molecule has 1 aromatic heterocycles. The number of hydrogen-bond acceptors (Lipinski definition) is 4. The second-order valence-corrected chi connectivity index (χ2v) is 8.55. The van der Waals surface area contributed by atoms with Gasteiger partial charge >= 0.3 is 0 Å². The Morgan fingerprint density at radius 3 is 2.53 bits per heavy atom. The molecule has 0 spiro atoms. The minimum atomic E-state index is 0. The summed E-state index contributed by atoms with van der Waals surface area (Å²) in [6, 6.07) is 15.6. The van der Waals surface area contributed by atoms with Gasteiger partial charge in [0.25, 0.3) is 0 Å². The van der Waals surface area contributed by atoms with Gasteiger partial charge in [-0.1, -0.05) is 36.4 Å². The van der Waals surface area contributed by atoms with E-state index in [-0.39, 0.29) is 24.0 Å². The van der Waals surface area contributed by atoms with E-state index in [9.17, 15) is 0 Å². The van der Waals surface area contributed by atoms with Gasteiger partial charge < -0.3 is 15.5 Å². The minimum Gasteiger partial charge on any atom is -0.357 e. The molecule has 1 atom stereocenters. The molecule has 1 unspecified atom stereocenters. The largest absolute Gasteiger partial charge is 0.357 e. The van der Waals surface area contributed by atoms with Crippen LogP contribution in [0.5, 0.6) is 0 Å². The predicted molar refractivity (Wildman–Crippen MR) is 144 cm³/mol. The first-order valence-corrected chi connectivity index (χ1v) is 11.8. The molecule has 2 aliphatic rings. The zero-order valence-corrected chi connectivity index (χ0v) is 21.5. The highest BCUT2D eigenvalue weighted by atomic mass is 127. The molecule has 0 bridgehead atoms. The van der Waals surface area contributed by atoms with E-state index in [1.54, 1.807) is 0 Å². The van der Waals surface area contributed by atoms with Gasteiger partial charge in [-0.15, -0.1) is 24.0 Å². The summed E-state index contributed by atoms with van der Waals surface area (Å²) in [6.07, 6.45) is 7.02. The molecule has 2 aliphatic heterocycles.